The van der Waals surface area contributed by atoms with Crippen molar-refractivity contribution >= 4 is 32.6 Å². The van der Waals surface area contributed by atoms with Gasteiger partial charge in [-0.05, 0) is 49.7 Å². The minimum Gasteiger partial charge on any atom is -0.302 e. The van der Waals surface area contributed by atoms with E-state index in [1.807, 2.05) is 32.0 Å². The number of likely N-dealkylation sites (N-methyl/N-ethyl adjacent to an activating group) is 1. The monoisotopic (exact) mass is 431 g/mol. The fourth-order valence-electron chi connectivity index (χ4n) is 3.35. The maximum absolute atomic E-state index is 14.2. The van der Waals surface area contributed by atoms with E-state index in [2.05, 4.69) is 23.7 Å². The lowest BCUT2D eigenvalue weighted by Crippen LogP contribution is -2.39. The van der Waals surface area contributed by atoms with Crippen molar-refractivity contribution in [3.05, 3.63) is 58.7 Å². The fraction of sp³-hybridized carbons (Fsp3) is 0.391. The number of thiazole rings is 1. The molecule has 160 valence electrons. The van der Waals surface area contributed by atoms with Crippen molar-refractivity contribution in [1.82, 2.24) is 9.88 Å². The molecule has 0 bridgehead atoms. The number of carbonyl (C=O) groups excluding carboxylic acids is 1. The van der Waals surface area contributed by atoms with E-state index in [-0.39, 0.29) is 17.8 Å². The van der Waals surface area contributed by atoms with Crippen LogP contribution in [0.5, 0.6) is 0 Å². The van der Waals surface area contributed by atoms with Gasteiger partial charge in [-0.15, -0.1) is 0 Å². The average Bonchev–Trinajstić information content (AvgIpc) is 3.12. The SMILES string of the molecule is CCN(CC)CCN(C(=O)Cc1ccc(C)c(C)c1)c1nc2c(F)cc(F)cc2s1. The van der Waals surface area contributed by atoms with Crippen LogP contribution in [0.25, 0.3) is 10.2 Å². The predicted molar refractivity (Wildman–Crippen MR) is 119 cm³/mol. The number of halogens is 2. The van der Waals surface area contributed by atoms with Crippen LogP contribution < -0.4 is 4.90 Å². The highest BCUT2D eigenvalue weighted by Crippen LogP contribution is 2.31. The molecule has 1 amide bonds. The van der Waals surface area contributed by atoms with Crippen LogP contribution in [0.2, 0.25) is 0 Å². The number of benzene rings is 2. The van der Waals surface area contributed by atoms with Crippen LogP contribution in [0.15, 0.2) is 30.3 Å². The molecule has 0 aliphatic rings. The summed E-state index contributed by atoms with van der Waals surface area (Å²) in [5.41, 5.74) is 3.33. The zero-order valence-electron chi connectivity index (χ0n) is 17.8. The zero-order valence-corrected chi connectivity index (χ0v) is 18.7. The number of aryl methyl sites for hydroxylation is 2. The van der Waals surface area contributed by atoms with E-state index in [0.29, 0.717) is 22.9 Å². The van der Waals surface area contributed by atoms with Gasteiger partial charge in [0.1, 0.15) is 11.3 Å². The van der Waals surface area contributed by atoms with E-state index < -0.39 is 11.6 Å². The first kappa shape index (κ1) is 22.3. The van der Waals surface area contributed by atoms with Gasteiger partial charge in [0.25, 0.3) is 0 Å². The highest BCUT2D eigenvalue weighted by molar-refractivity contribution is 7.22. The van der Waals surface area contributed by atoms with Gasteiger partial charge in [-0.3, -0.25) is 9.69 Å². The molecule has 0 spiro atoms. The number of aromatic nitrogens is 1. The number of nitrogens with zero attached hydrogens (tertiary/aromatic N) is 3. The molecule has 30 heavy (non-hydrogen) atoms. The summed E-state index contributed by atoms with van der Waals surface area (Å²) < 4.78 is 28.2. The Hall–Kier alpha value is -2.38. The van der Waals surface area contributed by atoms with E-state index in [1.54, 1.807) is 4.90 Å². The molecule has 3 aromatic rings. The Bertz CT molecular complexity index is 1050. The van der Waals surface area contributed by atoms with Gasteiger partial charge in [-0.1, -0.05) is 43.4 Å². The summed E-state index contributed by atoms with van der Waals surface area (Å²) >= 11 is 1.14. The van der Waals surface area contributed by atoms with Gasteiger partial charge in [0.15, 0.2) is 10.9 Å². The normalized spacial score (nSPS) is 11.4. The molecule has 0 N–H and O–H groups in total. The Balaban J connectivity index is 1.92. The number of hydrogen-bond acceptors (Lipinski definition) is 4. The van der Waals surface area contributed by atoms with Crippen LogP contribution in [0.4, 0.5) is 13.9 Å². The molecule has 4 nitrogen and oxygen atoms in total. The quantitative estimate of drug-likeness (QED) is 0.497. The Morgan fingerprint density at radius 1 is 1.03 bits per heavy atom. The molecule has 1 heterocycles. The molecule has 0 atom stereocenters. The third-order valence-electron chi connectivity index (χ3n) is 5.39. The molecule has 0 radical (unpaired) electrons. The molecule has 2 aromatic carbocycles. The van der Waals surface area contributed by atoms with Crippen molar-refractivity contribution < 1.29 is 13.6 Å². The summed E-state index contributed by atoms with van der Waals surface area (Å²) in [5, 5.41) is 0.399. The van der Waals surface area contributed by atoms with Crippen LogP contribution in [0.3, 0.4) is 0 Å². The van der Waals surface area contributed by atoms with Gasteiger partial charge >= 0.3 is 0 Å². The van der Waals surface area contributed by atoms with Crippen LogP contribution in [0, 0.1) is 25.5 Å². The zero-order chi connectivity index (χ0) is 21.8. The molecule has 3 rings (SSSR count). The Labute approximate surface area is 180 Å². The second kappa shape index (κ2) is 9.62. The first-order valence-corrected chi connectivity index (χ1v) is 11.0. The van der Waals surface area contributed by atoms with E-state index in [4.69, 9.17) is 0 Å². The van der Waals surface area contributed by atoms with E-state index in [9.17, 15) is 13.6 Å². The van der Waals surface area contributed by atoms with Gasteiger partial charge in [-0.2, -0.15) is 0 Å². The summed E-state index contributed by atoms with van der Waals surface area (Å²) in [6, 6.07) is 8.06. The highest BCUT2D eigenvalue weighted by Gasteiger charge is 2.22. The molecule has 7 heteroatoms. The lowest BCUT2D eigenvalue weighted by atomic mass is 10.0. The molecule has 0 saturated carbocycles. The van der Waals surface area contributed by atoms with E-state index in [1.165, 1.54) is 11.6 Å². The third kappa shape index (κ3) is 5.02. The predicted octanol–water partition coefficient (Wildman–Crippen LogP) is 5.11. The maximum atomic E-state index is 14.2. The minimum absolute atomic E-state index is 0.100. The summed E-state index contributed by atoms with van der Waals surface area (Å²) in [7, 11) is 0. The van der Waals surface area contributed by atoms with Crippen LogP contribution in [0.1, 0.15) is 30.5 Å². The molecular formula is C23H27F2N3OS. The Morgan fingerprint density at radius 2 is 1.77 bits per heavy atom. The minimum atomic E-state index is -0.710. The largest absolute Gasteiger partial charge is 0.302 e. The lowest BCUT2D eigenvalue weighted by Gasteiger charge is -2.25. The molecule has 1 aromatic heterocycles. The molecule has 0 saturated heterocycles. The second-order valence-corrected chi connectivity index (χ2v) is 8.41. The van der Waals surface area contributed by atoms with Gasteiger partial charge in [0, 0.05) is 19.2 Å². The van der Waals surface area contributed by atoms with Crippen molar-refractivity contribution in [3.63, 3.8) is 0 Å². The summed E-state index contributed by atoms with van der Waals surface area (Å²) in [5.74, 6) is -1.46. The second-order valence-electron chi connectivity index (χ2n) is 7.40. The molecular weight excluding hydrogens is 404 g/mol. The lowest BCUT2D eigenvalue weighted by molar-refractivity contribution is -0.118. The van der Waals surface area contributed by atoms with E-state index in [0.717, 1.165) is 41.6 Å². The molecule has 0 fully saturated rings. The first-order valence-electron chi connectivity index (χ1n) is 10.2. The van der Waals surface area contributed by atoms with Crippen molar-refractivity contribution in [1.29, 1.82) is 0 Å². The van der Waals surface area contributed by atoms with Crippen LogP contribution >= 0.6 is 11.3 Å². The number of amides is 1. The Morgan fingerprint density at radius 3 is 2.43 bits per heavy atom. The molecule has 0 aliphatic heterocycles. The third-order valence-corrected chi connectivity index (χ3v) is 6.42. The summed E-state index contributed by atoms with van der Waals surface area (Å²) in [4.78, 5) is 21.4. The van der Waals surface area contributed by atoms with Crippen molar-refractivity contribution in [2.24, 2.45) is 0 Å². The smallest absolute Gasteiger partial charge is 0.233 e. The highest BCUT2D eigenvalue weighted by atomic mass is 32.1. The van der Waals surface area contributed by atoms with Crippen molar-refractivity contribution in [3.8, 4) is 0 Å². The molecule has 0 aliphatic carbocycles. The number of anilines is 1. The maximum Gasteiger partial charge on any atom is 0.233 e. The van der Waals surface area contributed by atoms with E-state index >= 15 is 0 Å². The summed E-state index contributed by atoms with van der Waals surface area (Å²) in [6.45, 7) is 11.1. The van der Waals surface area contributed by atoms with Gasteiger partial charge < -0.3 is 4.90 Å². The van der Waals surface area contributed by atoms with Gasteiger partial charge in [0.05, 0.1) is 11.1 Å². The van der Waals surface area contributed by atoms with Gasteiger partial charge in [-0.25, -0.2) is 13.8 Å². The summed E-state index contributed by atoms with van der Waals surface area (Å²) in [6.07, 6.45) is 0.228. The fourth-order valence-corrected chi connectivity index (χ4v) is 4.40. The van der Waals surface area contributed by atoms with Crippen molar-refractivity contribution in [2.75, 3.05) is 31.1 Å². The average molecular weight is 432 g/mol. The number of carbonyl (C=O) groups is 1. The topological polar surface area (TPSA) is 36.4 Å². The standard InChI is InChI=1S/C23H27F2N3OS/c1-5-27(6-2)9-10-28(21(29)12-17-8-7-15(3)16(4)11-17)23-26-22-19(25)13-18(24)14-20(22)30-23/h7-8,11,13-14H,5-6,9-10,12H2,1-4H3. The van der Waals surface area contributed by atoms with Crippen LogP contribution in [-0.2, 0) is 11.2 Å². The molecule has 0 unspecified atom stereocenters. The number of fused-ring (bicyclic) bond motifs is 1. The van der Waals surface area contributed by atoms with Gasteiger partial charge in [0.2, 0.25) is 5.91 Å². The van der Waals surface area contributed by atoms with Crippen LogP contribution in [-0.4, -0.2) is 42.0 Å². The number of rotatable bonds is 8. The first-order chi connectivity index (χ1) is 14.3. The number of hydrogen-bond donors (Lipinski definition) is 0. The Kier molecular flexibility index (Phi) is 7.15. The van der Waals surface area contributed by atoms with Crippen molar-refractivity contribution in [2.45, 2.75) is 34.1 Å².